The molecule has 0 unspecified atom stereocenters. The molecule has 0 aliphatic rings. The molecule has 0 aromatic heterocycles. The summed E-state index contributed by atoms with van der Waals surface area (Å²) in [7, 11) is -3.95. The molecule has 0 saturated carbocycles. The van der Waals surface area contributed by atoms with Crippen LogP contribution in [0.4, 0.5) is 4.39 Å². The van der Waals surface area contributed by atoms with Gasteiger partial charge < -0.3 is 9.47 Å². The Hall–Kier alpha value is -2.16. The van der Waals surface area contributed by atoms with E-state index in [1.807, 2.05) is 0 Å². The number of nitrogens with two attached hydrogens (primary N) is 1. The van der Waals surface area contributed by atoms with Gasteiger partial charge in [0.05, 0.1) is 28.7 Å². The molecule has 0 fully saturated rings. The zero-order chi connectivity index (χ0) is 18.4. The minimum atomic E-state index is -3.95. The number of carbonyl (C=O) groups is 1. The monoisotopic (exact) mass is 387 g/mol. The van der Waals surface area contributed by atoms with Crippen LogP contribution in [-0.2, 0) is 14.8 Å². The summed E-state index contributed by atoms with van der Waals surface area (Å²) in [6.07, 6.45) is 0.385. The molecule has 2 aromatic carbocycles. The van der Waals surface area contributed by atoms with E-state index in [-0.39, 0.29) is 34.5 Å². The molecular formula is C16H15ClFNO5S. The molecule has 6 nitrogen and oxygen atoms in total. The first-order valence-corrected chi connectivity index (χ1v) is 9.07. The average molecular weight is 388 g/mol. The highest BCUT2D eigenvalue weighted by Gasteiger charge is 2.16. The Bertz CT molecular complexity index is 855. The van der Waals surface area contributed by atoms with Crippen molar-refractivity contribution in [3.63, 3.8) is 0 Å². The van der Waals surface area contributed by atoms with E-state index in [4.69, 9.17) is 26.2 Å². The van der Waals surface area contributed by atoms with Crippen molar-refractivity contribution in [1.82, 2.24) is 0 Å². The Balaban J connectivity index is 1.85. The topological polar surface area (TPSA) is 95.7 Å². The predicted molar refractivity (Wildman–Crippen MR) is 89.6 cm³/mol. The van der Waals surface area contributed by atoms with Gasteiger partial charge in [0.25, 0.3) is 0 Å². The molecule has 0 heterocycles. The summed E-state index contributed by atoms with van der Waals surface area (Å²) in [4.78, 5) is 11.8. The highest BCUT2D eigenvalue weighted by molar-refractivity contribution is 7.89. The lowest BCUT2D eigenvalue weighted by Crippen LogP contribution is -2.14. The molecule has 0 spiro atoms. The molecule has 0 atom stereocenters. The third kappa shape index (κ3) is 5.70. The van der Waals surface area contributed by atoms with Gasteiger partial charge in [-0.25, -0.2) is 22.7 Å². The Morgan fingerprint density at radius 3 is 2.44 bits per heavy atom. The van der Waals surface area contributed by atoms with Crippen LogP contribution in [0.15, 0.2) is 47.4 Å². The lowest BCUT2D eigenvalue weighted by Gasteiger charge is -2.09. The summed E-state index contributed by atoms with van der Waals surface area (Å²) in [5.41, 5.74) is -0.0901. The van der Waals surface area contributed by atoms with Crippen molar-refractivity contribution in [2.75, 3.05) is 13.2 Å². The summed E-state index contributed by atoms with van der Waals surface area (Å²) in [6.45, 7) is 0.291. The molecule has 0 radical (unpaired) electrons. The summed E-state index contributed by atoms with van der Waals surface area (Å²) >= 11 is 5.88. The molecule has 0 aliphatic carbocycles. The van der Waals surface area contributed by atoms with Crippen molar-refractivity contribution in [1.29, 1.82) is 0 Å². The molecule has 0 aliphatic heterocycles. The molecule has 25 heavy (non-hydrogen) atoms. The first-order chi connectivity index (χ1) is 11.8. The molecule has 2 rings (SSSR count). The standard InChI is InChI=1S/C16H15ClFNO5S/c17-15-7-6-13(25(19,21)22)10-14(15)16(20)24-9-1-8-23-12-4-2-11(18)3-5-12/h2-7,10H,1,8-9H2,(H2,19,21,22). The number of hydrogen-bond acceptors (Lipinski definition) is 5. The number of sulfonamides is 1. The molecule has 0 amide bonds. The third-order valence-corrected chi connectivity index (χ3v) is 4.33. The van der Waals surface area contributed by atoms with Gasteiger partial charge in [-0.1, -0.05) is 11.6 Å². The van der Waals surface area contributed by atoms with Crippen LogP contribution in [0.2, 0.25) is 5.02 Å². The number of carbonyl (C=O) groups excluding carboxylic acids is 1. The van der Waals surface area contributed by atoms with Crippen LogP contribution in [0, 0.1) is 5.82 Å². The van der Waals surface area contributed by atoms with Crippen molar-refractivity contribution in [2.45, 2.75) is 11.3 Å². The van der Waals surface area contributed by atoms with Gasteiger partial charge >= 0.3 is 5.97 Å². The molecule has 0 saturated heterocycles. The minimum Gasteiger partial charge on any atom is -0.493 e. The second-order valence-corrected chi connectivity index (χ2v) is 6.95. The Kier molecular flexibility index (Phi) is 6.35. The van der Waals surface area contributed by atoms with E-state index in [0.717, 1.165) is 6.07 Å². The minimum absolute atomic E-state index is 0.0377. The lowest BCUT2D eigenvalue weighted by molar-refractivity contribution is 0.0486. The number of esters is 1. The highest BCUT2D eigenvalue weighted by atomic mass is 35.5. The van der Waals surface area contributed by atoms with E-state index in [2.05, 4.69) is 0 Å². The van der Waals surface area contributed by atoms with Gasteiger partial charge in [0.15, 0.2) is 0 Å². The van der Waals surface area contributed by atoms with Crippen LogP contribution in [0.1, 0.15) is 16.8 Å². The predicted octanol–water partition coefficient (Wildman–Crippen LogP) is 2.75. The van der Waals surface area contributed by atoms with E-state index in [1.165, 1.54) is 36.4 Å². The Morgan fingerprint density at radius 1 is 1.12 bits per heavy atom. The number of halogens is 2. The largest absolute Gasteiger partial charge is 0.493 e. The zero-order valence-electron chi connectivity index (χ0n) is 12.9. The molecular weight excluding hydrogens is 373 g/mol. The van der Waals surface area contributed by atoms with Crippen LogP contribution >= 0.6 is 11.6 Å². The maximum atomic E-state index is 12.7. The Morgan fingerprint density at radius 2 is 1.80 bits per heavy atom. The van der Waals surface area contributed by atoms with Crippen molar-refractivity contribution in [3.05, 3.63) is 58.9 Å². The molecule has 2 aromatic rings. The number of ether oxygens (including phenoxy) is 2. The SMILES string of the molecule is NS(=O)(=O)c1ccc(Cl)c(C(=O)OCCCOc2ccc(F)cc2)c1. The fourth-order valence-corrected chi connectivity index (χ4v) is 2.59. The number of benzene rings is 2. The number of rotatable bonds is 7. The van der Waals surface area contributed by atoms with E-state index in [0.29, 0.717) is 12.2 Å². The van der Waals surface area contributed by atoms with Crippen molar-refractivity contribution < 1.29 is 27.1 Å². The van der Waals surface area contributed by atoms with Gasteiger partial charge in [-0.15, -0.1) is 0 Å². The maximum Gasteiger partial charge on any atom is 0.339 e. The average Bonchev–Trinajstić information content (AvgIpc) is 2.55. The van der Waals surface area contributed by atoms with E-state index >= 15 is 0 Å². The third-order valence-electron chi connectivity index (χ3n) is 3.09. The van der Waals surface area contributed by atoms with E-state index in [1.54, 1.807) is 0 Å². The Labute approximate surface area is 149 Å². The maximum absolute atomic E-state index is 12.7. The number of primary sulfonamides is 1. The van der Waals surface area contributed by atoms with Crippen LogP contribution in [-0.4, -0.2) is 27.6 Å². The molecule has 2 N–H and O–H groups in total. The fourth-order valence-electron chi connectivity index (χ4n) is 1.86. The smallest absolute Gasteiger partial charge is 0.339 e. The summed E-state index contributed by atoms with van der Waals surface area (Å²) in [6, 6.07) is 9.04. The quantitative estimate of drug-likeness (QED) is 0.582. The number of hydrogen-bond donors (Lipinski definition) is 1. The van der Waals surface area contributed by atoms with Gasteiger partial charge in [0.2, 0.25) is 10.0 Å². The first-order valence-electron chi connectivity index (χ1n) is 7.15. The molecule has 134 valence electrons. The lowest BCUT2D eigenvalue weighted by atomic mass is 10.2. The highest BCUT2D eigenvalue weighted by Crippen LogP contribution is 2.21. The van der Waals surface area contributed by atoms with Crippen LogP contribution in [0.3, 0.4) is 0 Å². The van der Waals surface area contributed by atoms with Crippen LogP contribution < -0.4 is 9.88 Å². The van der Waals surface area contributed by atoms with Gasteiger partial charge in [-0.3, -0.25) is 0 Å². The normalized spacial score (nSPS) is 11.2. The van der Waals surface area contributed by atoms with E-state index in [9.17, 15) is 17.6 Å². The van der Waals surface area contributed by atoms with Gasteiger partial charge in [0, 0.05) is 6.42 Å². The van der Waals surface area contributed by atoms with Crippen LogP contribution in [0.5, 0.6) is 5.75 Å². The molecule has 9 heteroatoms. The van der Waals surface area contributed by atoms with Gasteiger partial charge in [-0.2, -0.15) is 0 Å². The summed E-state index contributed by atoms with van der Waals surface area (Å²) in [5.74, 6) is -0.631. The zero-order valence-corrected chi connectivity index (χ0v) is 14.5. The van der Waals surface area contributed by atoms with Crippen molar-refractivity contribution in [2.24, 2.45) is 5.14 Å². The van der Waals surface area contributed by atoms with Gasteiger partial charge in [-0.05, 0) is 42.5 Å². The first kappa shape index (κ1) is 19.2. The second kappa shape index (κ2) is 8.28. The van der Waals surface area contributed by atoms with Crippen LogP contribution in [0.25, 0.3) is 0 Å². The van der Waals surface area contributed by atoms with Crippen molar-refractivity contribution >= 4 is 27.6 Å². The van der Waals surface area contributed by atoms with Gasteiger partial charge in [0.1, 0.15) is 11.6 Å². The summed E-state index contributed by atoms with van der Waals surface area (Å²) in [5, 5.41) is 5.07. The van der Waals surface area contributed by atoms with E-state index < -0.39 is 16.0 Å². The summed E-state index contributed by atoms with van der Waals surface area (Å²) < 4.78 is 45.8. The second-order valence-electron chi connectivity index (χ2n) is 4.98. The molecule has 0 bridgehead atoms. The fraction of sp³-hybridized carbons (Fsp3) is 0.188. The van der Waals surface area contributed by atoms with Crippen molar-refractivity contribution in [3.8, 4) is 5.75 Å².